The summed E-state index contributed by atoms with van der Waals surface area (Å²) in [7, 11) is -3.56. The summed E-state index contributed by atoms with van der Waals surface area (Å²) in [6.45, 7) is 5.48. The molecule has 4 N–H and O–H groups in total. The molecule has 2 unspecified atom stereocenters. The predicted octanol–water partition coefficient (Wildman–Crippen LogP) is 2.11. The molecule has 3 rings (SSSR count). The topological polar surface area (TPSA) is 122 Å². The van der Waals surface area contributed by atoms with Crippen LogP contribution in [-0.4, -0.2) is 50.8 Å². The molecule has 8 nitrogen and oxygen atoms in total. The summed E-state index contributed by atoms with van der Waals surface area (Å²) in [5, 5.41) is 2.86. The molecule has 2 atom stereocenters. The van der Waals surface area contributed by atoms with Crippen molar-refractivity contribution < 1.29 is 18.0 Å². The molecule has 1 heterocycles. The summed E-state index contributed by atoms with van der Waals surface area (Å²) in [6, 6.07) is 12.8. The number of sulfonamides is 1. The zero-order chi connectivity index (χ0) is 23.3. The lowest BCUT2D eigenvalue weighted by molar-refractivity contribution is -0.121. The molecule has 0 bridgehead atoms. The number of nitrogens with two attached hydrogens (primary N) is 1. The zero-order valence-corrected chi connectivity index (χ0v) is 19.2. The van der Waals surface area contributed by atoms with Gasteiger partial charge in [-0.05, 0) is 75.5 Å². The van der Waals surface area contributed by atoms with E-state index in [1.165, 1.54) is 0 Å². The molecule has 172 valence electrons. The number of carbonyl (C=O) groups excluding carboxylic acids is 2. The highest BCUT2D eigenvalue weighted by Crippen LogP contribution is 2.20. The number of nitrogens with zero attached hydrogens (tertiary/aromatic N) is 1. The van der Waals surface area contributed by atoms with Gasteiger partial charge in [0, 0.05) is 24.3 Å². The highest BCUT2D eigenvalue weighted by atomic mass is 32.2. The van der Waals surface area contributed by atoms with Crippen molar-refractivity contribution in [3.8, 4) is 0 Å². The lowest BCUT2D eigenvalue weighted by Gasteiger charge is -2.36. The second kappa shape index (κ2) is 10.2. The number of hydrogen-bond acceptors (Lipinski definition) is 5. The van der Waals surface area contributed by atoms with Crippen LogP contribution >= 0.6 is 0 Å². The van der Waals surface area contributed by atoms with Crippen LogP contribution in [0.1, 0.15) is 35.7 Å². The fourth-order valence-corrected chi connectivity index (χ4v) is 4.89. The van der Waals surface area contributed by atoms with Gasteiger partial charge in [-0.15, -0.1) is 0 Å². The summed E-state index contributed by atoms with van der Waals surface area (Å²) in [4.78, 5) is 26.2. The number of nitrogens with one attached hydrogen (secondary N) is 2. The fourth-order valence-electron chi connectivity index (χ4n) is 3.77. The molecule has 0 spiro atoms. The number of primary amides is 1. The van der Waals surface area contributed by atoms with Crippen molar-refractivity contribution in [3.63, 3.8) is 0 Å². The third-order valence-electron chi connectivity index (χ3n) is 5.81. The third kappa shape index (κ3) is 6.15. The maximum atomic E-state index is 12.7. The predicted molar refractivity (Wildman–Crippen MR) is 124 cm³/mol. The van der Waals surface area contributed by atoms with Crippen molar-refractivity contribution in [3.05, 3.63) is 59.7 Å². The van der Waals surface area contributed by atoms with E-state index in [0.717, 1.165) is 24.9 Å². The second-order valence-electron chi connectivity index (χ2n) is 8.27. The molecular formula is C23H30N4O4S. The minimum Gasteiger partial charge on any atom is -0.366 e. The Morgan fingerprint density at radius 3 is 2.41 bits per heavy atom. The lowest BCUT2D eigenvalue weighted by atomic mass is 9.97. The Bertz CT molecular complexity index is 1050. The second-order valence-corrected chi connectivity index (χ2v) is 10.0. The number of rotatable bonds is 8. The number of anilines is 1. The first kappa shape index (κ1) is 23.9. The summed E-state index contributed by atoms with van der Waals surface area (Å²) < 4.78 is 27.8. The van der Waals surface area contributed by atoms with Gasteiger partial charge < -0.3 is 11.1 Å². The van der Waals surface area contributed by atoms with Crippen LogP contribution < -0.4 is 15.8 Å². The van der Waals surface area contributed by atoms with Gasteiger partial charge in [-0.1, -0.05) is 17.7 Å². The van der Waals surface area contributed by atoms with Gasteiger partial charge in [0.2, 0.25) is 21.8 Å². The average molecular weight is 459 g/mol. The van der Waals surface area contributed by atoms with Crippen LogP contribution in [0.5, 0.6) is 0 Å². The molecule has 0 radical (unpaired) electrons. The Morgan fingerprint density at radius 1 is 1.12 bits per heavy atom. The van der Waals surface area contributed by atoms with E-state index in [9.17, 15) is 18.0 Å². The number of likely N-dealkylation sites (tertiary alicyclic amines) is 1. The van der Waals surface area contributed by atoms with Crippen molar-refractivity contribution in [1.82, 2.24) is 9.62 Å². The molecule has 32 heavy (non-hydrogen) atoms. The molecule has 1 fully saturated rings. The summed E-state index contributed by atoms with van der Waals surface area (Å²) in [5.74, 6) is -0.555. The number of piperidine rings is 1. The minimum atomic E-state index is -3.56. The van der Waals surface area contributed by atoms with Gasteiger partial charge in [-0.2, -0.15) is 0 Å². The molecule has 1 saturated heterocycles. The van der Waals surface area contributed by atoms with Crippen LogP contribution in [0, 0.1) is 12.8 Å². The number of amides is 2. The molecule has 0 aliphatic carbocycles. The standard InChI is InChI=1S/C23H30N4O4S/c1-16-5-11-21(12-6-16)32(30,31)25-14-18-4-3-13-27(15-18)17(2)23(29)26-20-9-7-19(8-10-20)22(24)28/h5-12,17-18,25H,3-4,13-15H2,1-2H3,(H2,24,28)(H,26,29). The van der Waals surface area contributed by atoms with Gasteiger partial charge in [-0.25, -0.2) is 13.1 Å². The van der Waals surface area contributed by atoms with E-state index in [0.29, 0.717) is 24.3 Å². The van der Waals surface area contributed by atoms with Gasteiger partial charge in [0.1, 0.15) is 0 Å². The number of aryl methyl sites for hydroxylation is 1. The number of benzene rings is 2. The average Bonchev–Trinajstić information content (AvgIpc) is 2.78. The van der Waals surface area contributed by atoms with E-state index in [1.54, 1.807) is 48.5 Å². The summed E-state index contributed by atoms with van der Waals surface area (Å²) in [6.07, 6.45) is 1.79. The van der Waals surface area contributed by atoms with Crippen LogP contribution in [0.25, 0.3) is 0 Å². The highest BCUT2D eigenvalue weighted by molar-refractivity contribution is 7.89. The van der Waals surface area contributed by atoms with Crippen molar-refractivity contribution in [2.75, 3.05) is 25.0 Å². The Hall–Kier alpha value is -2.75. The highest BCUT2D eigenvalue weighted by Gasteiger charge is 2.28. The van der Waals surface area contributed by atoms with Gasteiger partial charge in [-0.3, -0.25) is 14.5 Å². The number of carbonyl (C=O) groups is 2. The zero-order valence-electron chi connectivity index (χ0n) is 18.4. The molecule has 1 aliphatic heterocycles. The minimum absolute atomic E-state index is 0.120. The van der Waals surface area contributed by atoms with E-state index in [4.69, 9.17) is 5.73 Å². The van der Waals surface area contributed by atoms with E-state index in [1.807, 2.05) is 13.8 Å². The van der Waals surface area contributed by atoms with E-state index >= 15 is 0 Å². The van der Waals surface area contributed by atoms with Gasteiger partial charge in [0.05, 0.1) is 10.9 Å². The Labute approximate surface area is 189 Å². The molecule has 2 aromatic rings. The smallest absolute Gasteiger partial charge is 0.248 e. The van der Waals surface area contributed by atoms with E-state index in [-0.39, 0.29) is 22.8 Å². The summed E-state index contributed by atoms with van der Waals surface area (Å²) >= 11 is 0. The Morgan fingerprint density at radius 2 is 1.78 bits per heavy atom. The van der Waals surface area contributed by atoms with Crippen LogP contribution in [-0.2, 0) is 14.8 Å². The monoisotopic (exact) mass is 458 g/mol. The van der Waals surface area contributed by atoms with Crippen molar-refractivity contribution in [2.45, 2.75) is 37.6 Å². The maximum absolute atomic E-state index is 12.7. The molecule has 0 aromatic heterocycles. The SMILES string of the molecule is Cc1ccc(S(=O)(=O)NCC2CCCN(C(C)C(=O)Nc3ccc(C(N)=O)cc3)C2)cc1. The normalized spacial score (nSPS) is 18.1. The first-order chi connectivity index (χ1) is 15.2. The van der Waals surface area contributed by atoms with Crippen molar-refractivity contribution in [1.29, 1.82) is 0 Å². The maximum Gasteiger partial charge on any atom is 0.248 e. The molecule has 9 heteroatoms. The van der Waals surface area contributed by atoms with E-state index < -0.39 is 15.9 Å². The Kier molecular flexibility index (Phi) is 7.65. The van der Waals surface area contributed by atoms with Crippen molar-refractivity contribution >= 4 is 27.5 Å². The molecule has 1 aliphatic rings. The largest absolute Gasteiger partial charge is 0.366 e. The third-order valence-corrected chi connectivity index (χ3v) is 7.25. The number of hydrogen-bond donors (Lipinski definition) is 3. The Balaban J connectivity index is 1.54. The molecular weight excluding hydrogens is 428 g/mol. The lowest BCUT2D eigenvalue weighted by Crippen LogP contribution is -2.48. The molecule has 2 amide bonds. The van der Waals surface area contributed by atoms with Crippen LogP contribution in [0.4, 0.5) is 5.69 Å². The van der Waals surface area contributed by atoms with Gasteiger partial charge >= 0.3 is 0 Å². The van der Waals surface area contributed by atoms with Crippen LogP contribution in [0.2, 0.25) is 0 Å². The van der Waals surface area contributed by atoms with Gasteiger partial charge in [0.15, 0.2) is 0 Å². The van der Waals surface area contributed by atoms with Gasteiger partial charge in [0.25, 0.3) is 0 Å². The van der Waals surface area contributed by atoms with Crippen LogP contribution in [0.3, 0.4) is 0 Å². The molecule has 2 aromatic carbocycles. The van der Waals surface area contributed by atoms with Crippen LogP contribution in [0.15, 0.2) is 53.4 Å². The first-order valence-corrected chi connectivity index (χ1v) is 12.1. The first-order valence-electron chi connectivity index (χ1n) is 10.7. The van der Waals surface area contributed by atoms with Crippen molar-refractivity contribution in [2.24, 2.45) is 11.7 Å². The fraction of sp³-hybridized carbons (Fsp3) is 0.391. The molecule has 0 saturated carbocycles. The summed E-state index contributed by atoms with van der Waals surface area (Å²) in [5.41, 5.74) is 7.21. The quantitative estimate of drug-likeness (QED) is 0.559. The van der Waals surface area contributed by atoms with E-state index in [2.05, 4.69) is 14.9 Å².